The van der Waals surface area contributed by atoms with E-state index in [4.69, 9.17) is 9.47 Å². The number of carbonyl (C=O) groups excluding carboxylic acids is 2. The number of urea groups is 1. The van der Waals surface area contributed by atoms with Crippen LogP contribution in [0.2, 0.25) is 0 Å². The molecule has 1 aromatic rings. The molecule has 3 aliphatic heterocycles. The number of nitrogens with one attached hydrogen (secondary N) is 1. The fourth-order valence-corrected chi connectivity index (χ4v) is 4.00. The third kappa shape index (κ3) is 3.35. The average Bonchev–Trinajstić information content (AvgIpc) is 2.65. The summed E-state index contributed by atoms with van der Waals surface area (Å²) in [5, 5.41) is 3.09. The molecule has 0 radical (unpaired) electrons. The SMILES string of the molecule is CN1CC2(CCN(C(=O)N[C@@H]3COc4ccccc4C3)CC2)OCC1=O. The third-order valence-electron chi connectivity index (χ3n) is 5.62. The highest BCUT2D eigenvalue weighted by atomic mass is 16.5. The summed E-state index contributed by atoms with van der Waals surface area (Å²) in [5.41, 5.74) is 0.830. The molecular formula is C19H25N3O4. The van der Waals surface area contributed by atoms with E-state index in [-0.39, 0.29) is 30.2 Å². The number of piperidine rings is 1. The minimum atomic E-state index is -0.299. The molecule has 2 fully saturated rings. The van der Waals surface area contributed by atoms with Crippen molar-refractivity contribution in [3.63, 3.8) is 0 Å². The second kappa shape index (κ2) is 6.79. The Hall–Kier alpha value is -2.28. The molecule has 140 valence electrons. The lowest BCUT2D eigenvalue weighted by Gasteiger charge is -2.46. The molecule has 7 heteroatoms. The number of fused-ring (bicyclic) bond motifs is 1. The zero-order valence-electron chi connectivity index (χ0n) is 15.1. The van der Waals surface area contributed by atoms with Crippen molar-refractivity contribution in [3.8, 4) is 5.75 Å². The van der Waals surface area contributed by atoms with E-state index in [2.05, 4.69) is 5.32 Å². The second-order valence-corrected chi connectivity index (χ2v) is 7.48. The first-order chi connectivity index (χ1) is 12.5. The number of para-hydroxylation sites is 1. The minimum absolute atomic E-state index is 0.0111. The third-order valence-corrected chi connectivity index (χ3v) is 5.62. The van der Waals surface area contributed by atoms with Crippen molar-refractivity contribution in [1.29, 1.82) is 0 Å². The molecule has 1 N–H and O–H groups in total. The van der Waals surface area contributed by atoms with Gasteiger partial charge in [-0.1, -0.05) is 18.2 Å². The summed E-state index contributed by atoms with van der Waals surface area (Å²) >= 11 is 0. The quantitative estimate of drug-likeness (QED) is 0.813. The molecule has 0 saturated carbocycles. The first kappa shape index (κ1) is 17.1. The maximum atomic E-state index is 12.6. The smallest absolute Gasteiger partial charge is 0.317 e. The van der Waals surface area contributed by atoms with Gasteiger partial charge in [0.15, 0.2) is 0 Å². The Morgan fingerprint density at radius 3 is 2.81 bits per heavy atom. The Morgan fingerprint density at radius 1 is 1.27 bits per heavy atom. The van der Waals surface area contributed by atoms with Crippen LogP contribution < -0.4 is 10.1 Å². The van der Waals surface area contributed by atoms with Gasteiger partial charge in [0.05, 0.1) is 11.6 Å². The van der Waals surface area contributed by atoms with Crippen molar-refractivity contribution in [2.45, 2.75) is 30.9 Å². The Labute approximate surface area is 153 Å². The number of ether oxygens (including phenoxy) is 2. The van der Waals surface area contributed by atoms with Gasteiger partial charge in [-0.05, 0) is 30.9 Å². The Balaban J connectivity index is 1.30. The number of benzene rings is 1. The molecule has 26 heavy (non-hydrogen) atoms. The number of hydrogen-bond acceptors (Lipinski definition) is 4. The van der Waals surface area contributed by atoms with Crippen molar-refractivity contribution >= 4 is 11.9 Å². The van der Waals surface area contributed by atoms with Gasteiger partial charge in [-0.2, -0.15) is 0 Å². The topological polar surface area (TPSA) is 71.1 Å². The molecule has 7 nitrogen and oxygen atoms in total. The Kier molecular flexibility index (Phi) is 4.48. The van der Waals surface area contributed by atoms with Crippen LogP contribution in [0.25, 0.3) is 0 Å². The molecule has 4 rings (SSSR count). The Bertz CT molecular complexity index is 700. The summed E-state index contributed by atoms with van der Waals surface area (Å²) in [4.78, 5) is 27.8. The molecule has 1 aromatic carbocycles. The molecule has 0 aliphatic carbocycles. The molecule has 0 unspecified atom stereocenters. The van der Waals surface area contributed by atoms with Crippen molar-refractivity contribution in [2.75, 3.05) is 39.9 Å². The molecule has 1 spiro atoms. The summed E-state index contributed by atoms with van der Waals surface area (Å²) in [6.45, 7) is 2.52. The zero-order chi connectivity index (χ0) is 18.1. The monoisotopic (exact) mass is 359 g/mol. The maximum Gasteiger partial charge on any atom is 0.317 e. The van der Waals surface area contributed by atoms with Crippen molar-refractivity contribution in [3.05, 3.63) is 29.8 Å². The summed E-state index contributed by atoms with van der Waals surface area (Å²) in [7, 11) is 1.81. The van der Waals surface area contributed by atoms with Crippen LogP contribution in [0.1, 0.15) is 18.4 Å². The van der Waals surface area contributed by atoms with Gasteiger partial charge in [0, 0.05) is 26.7 Å². The summed E-state index contributed by atoms with van der Waals surface area (Å²) in [5.74, 6) is 0.930. The molecule has 3 heterocycles. The van der Waals surface area contributed by atoms with Crippen LogP contribution in [0.5, 0.6) is 5.75 Å². The van der Waals surface area contributed by atoms with Crippen molar-refractivity contribution < 1.29 is 19.1 Å². The minimum Gasteiger partial charge on any atom is -0.491 e. The summed E-state index contributed by atoms with van der Waals surface area (Å²) in [6, 6.07) is 7.89. The lowest BCUT2D eigenvalue weighted by molar-refractivity contribution is -0.167. The fourth-order valence-electron chi connectivity index (χ4n) is 4.00. The molecule has 0 aromatic heterocycles. The van der Waals surface area contributed by atoms with Gasteiger partial charge < -0.3 is 24.6 Å². The van der Waals surface area contributed by atoms with Gasteiger partial charge >= 0.3 is 6.03 Å². The lowest BCUT2D eigenvalue weighted by Crippen LogP contribution is -2.59. The van der Waals surface area contributed by atoms with Crippen molar-refractivity contribution in [2.24, 2.45) is 0 Å². The number of carbonyl (C=O) groups is 2. The maximum absolute atomic E-state index is 12.6. The van der Waals surface area contributed by atoms with E-state index in [1.165, 1.54) is 0 Å². The van der Waals surface area contributed by atoms with E-state index >= 15 is 0 Å². The molecule has 2 saturated heterocycles. The molecule has 0 bridgehead atoms. The first-order valence-corrected chi connectivity index (χ1v) is 9.19. The highest BCUT2D eigenvalue weighted by Crippen LogP contribution is 2.30. The van der Waals surface area contributed by atoms with Gasteiger partial charge in [0.25, 0.3) is 0 Å². The average molecular weight is 359 g/mol. The number of rotatable bonds is 1. The van der Waals surface area contributed by atoms with Crippen LogP contribution in [0, 0.1) is 0 Å². The lowest BCUT2D eigenvalue weighted by atomic mass is 9.89. The predicted octanol–water partition coefficient (Wildman–Crippen LogP) is 1.02. The highest BCUT2D eigenvalue weighted by Gasteiger charge is 2.42. The van der Waals surface area contributed by atoms with Gasteiger partial charge in [0.2, 0.25) is 5.91 Å². The van der Waals surface area contributed by atoms with E-state index in [1.807, 2.05) is 36.2 Å². The second-order valence-electron chi connectivity index (χ2n) is 7.48. The summed E-state index contributed by atoms with van der Waals surface area (Å²) < 4.78 is 11.6. The fraction of sp³-hybridized carbons (Fsp3) is 0.579. The largest absolute Gasteiger partial charge is 0.491 e. The first-order valence-electron chi connectivity index (χ1n) is 9.19. The van der Waals surface area contributed by atoms with Crippen LogP contribution in [0.4, 0.5) is 4.79 Å². The number of likely N-dealkylation sites (N-methyl/N-ethyl adjacent to an activating group) is 1. The van der Waals surface area contributed by atoms with Crippen LogP contribution in [0.15, 0.2) is 24.3 Å². The van der Waals surface area contributed by atoms with Gasteiger partial charge in [-0.15, -0.1) is 0 Å². The zero-order valence-corrected chi connectivity index (χ0v) is 15.1. The number of amides is 3. The number of likely N-dealkylation sites (tertiary alicyclic amines) is 1. The van der Waals surface area contributed by atoms with E-state index in [1.54, 1.807) is 4.90 Å². The van der Waals surface area contributed by atoms with E-state index in [0.29, 0.717) is 26.2 Å². The number of morpholine rings is 1. The van der Waals surface area contributed by atoms with Gasteiger partial charge in [-0.3, -0.25) is 4.79 Å². The Morgan fingerprint density at radius 2 is 2.04 bits per heavy atom. The highest BCUT2D eigenvalue weighted by molar-refractivity contribution is 5.78. The van der Waals surface area contributed by atoms with Crippen LogP contribution >= 0.6 is 0 Å². The van der Waals surface area contributed by atoms with Gasteiger partial charge in [-0.25, -0.2) is 4.79 Å². The van der Waals surface area contributed by atoms with E-state index < -0.39 is 0 Å². The van der Waals surface area contributed by atoms with E-state index in [0.717, 1.165) is 30.6 Å². The number of hydrogen-bond donors (Lipinski definition) is 1. The van der Waals surface area contributed by atoms with Crippen molar-refractivity contribution in [1.82, 2.24) is 15.1 Å². The molecule has 1 atom stereocenters. The molecule has 3 aliphatic rings. The van der Waals surface area contributed by atoms with Crippen LogP contribution in [-0.2, 0) is 16.0 Å². The number of nitrogens with zero attached hydrogens (tertiary/aromatic N) is 2. The van der Waals surface area contributed by atoms with Crippen LogP contribution in [-0.4, -0.2) is 73.3 Å². The summed E-state index contributed by atoms with van der Waals surface area (Å²) in [6.07, 6.45) is 2.29. The standard InChI is InChI=1S/C19H25N3O4/c1-21-13-19(26-12-17(21)23)6-8-22(9-7-19)18(24)20-15-10-14-4-2-3-5-16(14)25-11-15/h2-5,15H,6-13H2,1H3,(H,20,24)/t15-/m0/s1. The van der Waals surface area contributed by atoms with E-state index in [9.17, 15) is 9.59 Å². The molecular weight excluding hydrogens is 334 g/mol. The van der Waals surface area contributed by atoms with Crippen LogP contribution in [0.3, 0.4) is 0 Å². The molecule has 3 amide bonds. The predicted molar refractivity (Wildman–Crippen MR) is 95.1 cm³/mol. The normalized spacial score (nSPS) is 24.8. The van der Waals surface area contributed by atoms with Gasteiger partial charge in [0.1, 0.15) is 19.0 Å².